The van der Waals surface area contributed by atoms with Crippen molar-refractivity contribution in [3.63, 3.8) is 0 Å². The first-order valence-electron chi connectivity index (χ1n) is 7.70. The predicted molar refractivity (Wildman–Crippen MR) is 80.1 cm³/mol. The van der Waals surface area contributed by atoms with Crippen LogP contribution in [0.15, 0.2) is 30.3 Å². The highest BCUT2D eigenvalue weighted by Crippen LogP contribution is 2.45. The minimum Gasteiger partial charge on any atom is -0.308 e. The SMILES string of the molecule is CN(C)CC(NC(C1CC1)C1CC1)c1ccccc1. The smallest absolute Gasteiger partial charge is 0.0451 e. The van der Waals surface area contributed by atoms with Gasteiger partial charge in [0.05, 0.1) is 0 Å². The molecular weight excluding hydrogens is 232 g/mol. The molecule has 2 saturated carbocycles. The Bertz CT molecular complexity index is 381. The second-order valence-electron chi connectivity index (χ2n) is 6.59. The first kappa shape index (κ1) is 13.1. The lowest BCUT2D eigenvalue weighted by Crippen LogP contribution is -2.40. The van der Waals surface area contributed by atoms with Crippen molar-refractivity contribution in [2.75, 3.05) is 20.6 Å². The molecule has 1 atom stereocenters. The van der Waals surface area contributed by atoms with Gasteiger partial charge in [-0.05, 0) is 57.2 Å². The highest BCUT2D eigenvalue weighted by Gasteiger charge is 2.42. The Morgan fingerprint density at radius 1 is 1.05 bits per heavy atom. The maximum atomic E-state index is 3.98. The second kappa shape index (κ2) is 5.64. The third kappa shape index (κ3) is 3.58. The van der Waals surface area contributed by atoms with Crippen molar-refractivity contribution >= 4 is 0 Å². The number of rotatable bonds is 7. The van der Waals surface area contributed by atoms with Gasteiger partial charge in [0.2, 0.25) is 0 Å². The number of benzene rings is 1. The summed E-state index contributed by atoms with van der Waals surface area (Å²) in [5.41, 5.74) is 1.43. The van der Waals surface area contributed by atoms with Crippen LogP contribution in [0.3, 0.4) is 0 Å². The maximum absolute atomic E-state index is 3.98. The Labute approximate surface area is 117 Å². The monoisotopic (exact) mass is 258 g/mol. The molecule has 2 aliphatic rings. The molecule has 104 valence electrons. The molecule has 0 spiro atoms. The fourth-order valence-corrected chi connectivity index (χ4v) is 3.10. The highest BCUT2D eigenvalue weighted by molar-refractivity contribution is 5.20. The summed E-state index contributed by atoms with van der Waals surface area (Å²) in [6.45, 7) is 1.08. The molecule has 2 fully saturated rings. The summed E-state index contributed by atoms with van der Waals surface area (Å²) in [7, 11) is 4.34. The maximum Gasteiger partial charge on any atom is 0.0451 e. The summed E-state index contributed by atoms with van der Waals surface area (Å²) in [5.74, 6) is 1.92. The zero-order valence-electron chi connectivity index (χ0n) is 12.2. The quantitative estimate of drug-likeness (QED) is 0.808. The van der Waals surface area contributed by atoms with Gasteiger partial charge >= 0.3 is 0 Å². The summed E-state index contributed by atoms with van der Waals surface area (Å²) >= 11 is 0. The van der Waals surface area contributed by atoms with Crippen molar-refractivity contribution in [2.24, 2.45) is 11.8 Å². The molecule has 0 bridgehead atoms. The van der Waals surface area contributed by atoms with E-state index in [2.05, 4.69) is 54.6 Å². The molecular formula is C17H26N2. The van der Waals surface area contributed by atoms with E-state index >= 15 is 0 Å². The van der Waals surface area contributed by atoms with E-state index in [0.29, 0.717) is 6.04 Å². The highest BCUT2D eigenvalue weighted by atomic mass is 15.1. The molecule has 0 saturated heterocycles. The molecule has 1 aromatic rings. The van der Waals surface area contributed by atoms with Crippen molar-refractivity contribution in [2.45, 2.75) is 37.8 Å². The molecule has 0 aliphatic heterocycles. The number of hydrogen-bond acceptors (Lipinski definition) is 2. The Hall–Kier alpha value is -0.860. The molecule has 1 aromatic carbocycles. The van der Waals surface area contributed by atoms with Crippen LogP contribution in [-0.2, 0) is 0 Å². The number of nitrogens with one attached hydrogen (secondary N) is 1. The number of nitrogens with zero attached hydrogens (tertiary/aromatic N) is 1. The van der Waals surface area contributed by atoms with Crippen molar-refractivity contribution in [3.8, 4) is 0 Å². The minimum atomic E-state index is 0.474. The van der Waals surface area contributed by atoms with E-state index in [1.165, 1.54) is 31.2 Å². The standard InChI is InChI=1S/C17H26N2/c1-19(2)12-16(13-6-4-3-5-7-13)18-17(14-8-9-14)15-10-11-15/h3-7,14-18H,8-12H2,1-2H3. The van der Waals surface area contributed by atoms with Gasteiger partial charge in [0, 0.05) is 18.6 Å². The zero-order valence-corrected chi connectivity index (χ0v) is 12.2. The van der Waals surface area contributed by atoms with Gasteiger partial charge in [0.15, 0.2) is 0 Å². The number of hydrogen-bond donors (Lipinski definition) is 1. The van der Waals surface area contributed by atoms with E-state index in [1.807, 2.05) is 0 Å². The normalized spacial score (nSPS) is 21.1. The zero-order chi connectivity index (χ0) is 13.2. The summed E-state index contributed by atoms with van der Waals surface area (Å²) in [6.07, 6.45) is 5.77. The molecule has 0 amide bonds. The number of likely N-dealkylation sites (N-methyl/N-ethyl adjacent to an activating group) is 1. The van der Waals surface area contributed by atoms with Crippen LogP contribution >= 0.6 is 0 Å². The van der Waals surface area contributed by atoms with Crippen LogP contribution in [0.5, 0.6) is 0 Å². The van der Waals surface area contributed by atoms with E-state index in [1.54, 1.807) is 0 Å². The minimum absolute atomic E-state index is 0.474. The molecule has 1 N–H and O–H groups in total. The Kier molecular flexibility index (Phi) is 3.90. The van der Waals surface area contributed by atoms with Crippen LogP contribution in [-0.4, -0.2) is 31.6 Å². The van der Waals surface area contributed by atoms with Crippen LogP contribution in [0.2, 0.25) is 0 Å². The average Bonchev–Trinajstić information content (AvgIpc) is 3.28. The fraction of sp³-hybridized carbons (Fsp3) is 0.647. The lowest BCUT2D eigenvalue weighted by molar-refractivity contribution is 0.294. The van der Waals surface area contributed by atoms with Gasteiger partial charge in [-0.2, -0.15) is 0 Å². The van der Waals surface area contributed by atoms with Gasteiger partial charge in [-0.25, -0.2) is 0 Å². The van der Waals surface area contributed by atoms with E-state index in [9.17, 15) is 0 Å². The molecule has 0 radical (unpaired) electrons. The summed E-state index contributed by atoms with van der Waals surface area (Å²) in [4.78, 5) is 2.29. The van der Waals surface area contributed by atoms with Gasteiger partial charge in [-0.15, -0.1) is 0 Å². The van der Waals surface area contributed by atoms with Crippen molar-refractivity contribution in [3.05, 3.63) is 35.9 Å². The lowest BCUT2D eigenvalue weighted by Gasteiger charge is -2.28. The molecule has 0 aromatic heterocycles. The van der Waals surface area contributed by atoms with Crippen molar-refractivity contribution in [1.29, 1.82) is 0 Å². The Morgan fingerprint density at radius 3 is 2.11 bits per heavy atom. The third-order valence-corrected chi connectivity index (χ3v) is 4.40. The molecule has 19 heavy (non-hydrogen) atoms. The summed E-state index contributed by atoms with van der Waals surface area (Å²) in [6, 6.07) is 12.2. The van der Waals surface area contributed by atoms with E-state index in [-0.39, 0.29) is 0 Å². The molecule has 1 unspecified atom stereocenters. The van der Waals surface area contributed by atoms with Gasteiger partial charge in [0.1, 0.15) is 0 Å². The van der Waals surface area contributed by atoms with Crippen LogP contribution in [0.25, 0.3) is 0 Å². The fourth-order valence-electron chi connectivity index (χ4n) is 3.10. The van der Waals surface area contributed by atoms with Gasteiger partial charge in [-0.1, -0.05) is 30.3 Å². The molecule has 3 rings (SSSR count). The lowest BCUT2D eigenvalue weighted by atomic mass is 10.0. The van der Waals surface area contributed by atoms with Gasteiger partial charge in [0.25, 0.3) is 0 Å². The molecule has 2 aliphatic carbocycles. The van der Waals surface area contributed by atoms with Gasteiger partial charge < -0.3 is 10.2 Å². The van der Waals surface area contributed by atoms with Crippen LogP contribution < -0.4 is 5.32 Å². The predicted octanol–water partition coefficient (Wildman–Crippen LogP) is 3.07. The third-order valence-electron chi connectivity index (χ3n) is 4.40. The second-order valence-corrected chi connectivity index (χ2v) is 6.59. The average molecular weight is 258 g/mol. The molecule has 2 heteroatoms. The Balaban J connectivity index is 1.71. The van der Waals surface area contributed by atoms with E-state index < -0.39 is 0 Å². The molecule has 2 nitrogen and oxygen atoms in total. The van der Waals surface area contributed by atoms with Gasteiger partial charge in [-0.3, -0.25) is 0 Å². The summed E-state index contributed by atoms with van der Waals surface area (Å²) < 4.78 is 0. The Morgan fingerprint density at radius 2 is 1.63 bits per heavy atom. The van der Waals surface area contributed by atoms with Crippen LogP contribution in [0.1, 0.15) is 37.3 Å². The first-order valence-corrected chi connectivity index (χ1v) is 7.70. The largest absolute Gasteiger partial charge is 0.308 e. The van der Waals surface area contributed by atoms with E-state index in [4.69, 9.17) is 0 Å². The van der Waals surface area contributed by atoms with E-state index in [0.717, 1.165) is 24.4 Å². The van der Waals surface area contributed by atoms with Crippen LogP contribution in [0, 0.1) is 11.8 Å². The van der Waals surface area contributed by atoms with Crippen molar-refractivity contribution < 1.29 is 0 Å². The van der Waals surface area contributed by atoms with Crippen LogP contribution in [0.4, 0.5) is 0 Å². The first-order chi connectivity index (χ1) is 9.24. The summed E-state index contributed by atoms with van der Waals surface area (Å²) in [5, 5.41) is 3.98. The topological polar surface area (TPSA) is 15.3 Å². The van der Waals surface area contributed by atoms with Crippen molar-refractivity contribution in [1.82, 2.24) is 10.2 Å². The molecule has 0 heterocycles.